The van der Waals surface area contributed by atoms with Gasteiger partial charge in [0.25, 0.3) is 5.91 Å². The molecule has 1 aromatic carbocycles. The molecular weight excluding hydrogens is 326 g/mol. The molecule has 1 aliphatic rings. The summed E-state index contributed by atoms with van der Waals surface area (Å²) in [7, 11) is 1.67. The van der Waals surface area contributed by atoms with E-state index < -0.39 is 0 Å². The topological polar surface area (TPSA) is 73.1 Å². The summed E-state index contributed by atoms with van der Waals surface area (Å²) in [5, 5.41) is 9.17. The van der Waals surface area contributed by atoms with Crippen LogP contribution in [-0.2, 0) is 4.74 Å². The van der Waals surface area contributed by atoms with Gasteiger partial charge in [-0.3, -0.25) is 4.79 Å². The smallest absolute Gasteiger partial charge is 0.276 e. The van der Waals surface area contributed by atoms with Crippen LogP contribution in [0.15, 0.2) is 24.4 Å². The van der Waals surface area contributed by atoms with Gasteiger partial charge in [0.05, 0.1) is 33.2 Å². The fourth-order valence-corrected chi connectivity index (χ4v) is 3.79. The highest BCUT2D eigenvalue weighted by molar-refractivity contribution is 7.18. The first-order valence-electron chi connectivity index (χ1n) is 7.76. The predicted molar refractivity (Wildman–Crippen MR) is 90.6 cm³/mol. The number of hydrogen-bond acceptors (Lipinski definition) is 6. The second-order valence-corrected chi connectivity index (χ2v) is 7.07. The Bertz CT molecular complexity index is 903. The Hall–Kier alpha value is -2.32. The van der Waals surface area contributed by atoms with Crippen molar-refractivity contribution in [1.82, 2.24) is 24.9 Å². The molecule has 1 aliphatic heterocycles. The van der Waals surface area contributed by atoms with Crippen LogP contribution in [0.2, 0.25) is 0 Å². The molecule has 0 N–H and O–H groups in total. The van der Waals surface area contributed by atoms with E-state index in [4.69, 9.17) is 4.74 Å². The van der Waals surface area contributed by atoms with Crippen LogP contribution >= 0.6 is 11.3 Å². The molecule has 0 aliphatic carbocycles. The monoisotopic (exact) mass is 343 g/mol. The van der Waals surface area contributed by atoms with Crippen LogP contribution in [0.5, 0.6) is 0 Å². The number of nitrogens with zero attached hydrogens (tertiary/aromatic N) is 5. The first kappa shape index (κ1) is 15.2. The number of carbonyl (C=O) groups excluding carboxylic acids is 1. The van der Waals surface area contributed by atoms with Crippen LogP contribution < -0.4 is 0 Å². The second-order valence-electron chi connectivity index (χ2n) is 5.83. The molecule has 1 fully saturated rings. The maximum atomic E-state index is 12.5. The van der Waals surface area contributed by atoms with Gasteiger partial charge in [0.2, 0.25) is 0 Å². The van der Waals surface area contributed by atoms with Gasteiger partial charge in [-0.15, -0.1) is 16.4 Å². The zero-order valence-corrected chi connectivity index (χ0v) is 14.3. The third-order valence-electron chi connectivity index (χ3n) is 4.22. The standard InChI is InChI=1S/C16H17N5O2S/c1-10-17-13-4-3-11(7-15(13)24-10)21-9-14(18-19-21)16(22)20-6-5-12(8-20)23-2/h3-4,7,9,12H,5-6,8H2,1-2H3. The molecule has 3 aromatic rings. The predicted octanol–water partition coefficient (Wildman–Crippen LogP) is 2.05. The van der Waals surface area contributed by atoms with Gasteiger partial charge in [0.1, 0.15) is 0 Å². The highest BCUT2D eigenvalue weighted by atomic mass is 32.1. The third-order valence-corrected chi connectivity index (χ3v) is 5.16. The molecule has 3 heterocycles. The molecular formula is C16H17N5O2S. The zero-order chi connectivity index (χ0) is 16.7. The molecule has 1 amide bonds. The van der Waals surface area contributed by atoms with Crippen molar-refractivity contribution in [2.75, 3.05) is 20.2 Å². The number of amides is 1. The number of hydrogen-bond donors (Lipinski definition) is 0. The van der Waals surface area contributed by atoms with Crippen LogP contribution in [0.1, 0.15) is 21.9 Å². The highest BCUT2D eigenvalue weighted by Gasteiger charge is 2.28. The van der Waals surface area contributed by atoms with Crippen LogP contribution in [0.25, 0.3) is 15.9 Å². The molecule has 2 aromatic heterocycles. The average Bonchev–Trinajstić information content (AvgIpc) is 3.31. The van der Waals surface area contributed by atoms with Crippen LogP contribution in [0, 0.1) is 6.92 Å². The molecule has 0 saturated carbocycles. The van der Waals surface area contributed by atoms with Gasteiger partial charge in [-0.05, 0) is 31.5 Å². The third kappa shape index (κ3) is 2.67. The van der Waals surface area contributed by atoms with Gasteiger partial charge in [0, 0.05) is 20.2 Å². The van der Waals surface area contributed by atoms with Crippen LogP contribution in [0.4, 0.5) is 0 Å². The number of likely N-dealkylation sites (tertiary alicyclic amines) is 1. The summed E-state index contributed by atoms with van der Waals surface area (Å²) in [6.45, 7) is 3.28. The van der Waals surface area contributed by atoms with E-state index in [0.717, 1.165) is 27.3 Å². The minimum atomic E-state index is -0.101. The van der Waals surface area contributed by atoms with Crippen molar-refractivity contribution in [3.05, 3.63) is 35.1 Å². The summed E-state index contributed by atoms with van der Waals surface area (Å²) in [5.41, 5.74) is 2.20. The van der Waals surface area contributed by atoms with E-state index in [1.807, 2.05) is 25.1 Å². The molecule has 124 valence electrons. The van der Waals surface area contributed by atoms with Crippen molar-refractivity contribution >= 4 is 27.5 Å². The fraction of sp³-hybridized carbons (Fsp3) is 0.375. The molecule has 1 unspecified atom stereocenters. The number of fused-ring (bicyclic) bond motifs is 1. The minimum Gasteiger partial charge on any atom is -0.380 e. The maximum Gasteiger partial charge on any atom is 0.276 e. The number of thiazole rings is 1. The molecule has 0 bridgehead atoms. The van der Waals surface area contributed by atoms with Crippen molar-refractivity contribution in [2.45, 2.75) is 19.4 Å². The zero-order valence-electron chi connectivity index (χ0n) is 13.5. The first-order valence-corrected chi connectivity index (χ1v) is 8.57. The van der Waals surface area contributed by atoms with Gasteiger partial charge in [-0.1, -0.05) is 5.21 Å². The lowest BCUT2D eigenvalue weighted by Crippen LogP contribution is -2.30. The van der Waals surface area contributed by atoms with E-state index in [9.17, 15) is 4.79 Å². The highest BCUT2D eigenvalue weighted by Crippen LogP contribution is 2.24. The van der Waals surface area contributed by atoms with Crippen molar-refractivity contribution in [1.29, 1.82) is 0 Å². The van der Waals surface area contributed by atoms with Gasteiger partial charge < -0.3 is 9.64 Å². The largest absolute Gasteiger partial charge is 0.380 e. The molecule has 1 saturated heterocycles. The summed E-state index contributed by atoms with van der Waals surface area (Å²) in [6, 6.07) is 5.90. The Labute approximate surface area is 142 Å². The van der Waals surface area contributed by atoms with Crippen LogP contribution in [-0.4, -0.2) is 57.1 Å². The lowest BCUT2D eigenvalue weighted by atomic mass is 10.3. The number of ether oxygens (including phenoxy) is 1. The number of carbonyl (C=O) groups is 1. The van der Waals surface area contributed by atoms with E-state index in [2.05, 4.69) is 15.3 Å². The second kappa shape index (κ2) is 5.95. The van der Waals surface area contributed by atoms with E-state index >= 15 is 0 Å². The molecule has 7 nitrogen and oxygen atoms in total. The number of aromatic nitrogens is 4. The van der Waals surface area contributed by atoms with E-state index in [-0.39, 0.29) is 12.0 Å². The minimum absolute atomic E-state index is 0.101. The molecule has 4 rings (SSSR count). The normalized spacial score (nSPS) is 17.8. The summed E-state index contributed by atoms with van der Waals surface area (Å²) in [4.78, 5) is 18.7. The maximum absolute atomic E-state index is 12.5. The average molecular weight is 343 g/mol. The number of aryl methyl sites for hydroxylation is 1. The van der Waals surface area contributed by atoms with Crippen LogP contribution in [0.3, 0.4) is 0 Å². The Kier molecular flexibility index (Phi) is 3.78. The number of rotatable bonds is 3. The Morgan fingerprint density at radius 2 is 2.29 bits per heavy atom. The van der Waals surface area contributed by atoms with Gasteiger partial charge in [-0.25, -0.2) is 9.67 Å². The SMILES string of the molecule is COC1CCN(C(=O)c2cn(-c3ccc4nc(C)sc4c3)nn2)C1. The summed E-state index contributed by atoms with van der Waals surface area (Å²) in [6.07, 6.45) is 2.65. The van der Waals surface area contributed by atoms with Gasteiger partial charge in [0.15, 0.2) is 5.69 Å². The quantitative estimate of drug-likeness (QED) is 0.728. The molecule has 0 radical (unpaired) electrons. The number of benzene rings is 1. The molecule has 8 heteroatoms. The van der Waals surface area contributed by atoms with Gasteiger partial charge >= 0.3 is 0 Å². The van der Waals surface area contributed by atoms with Crippen molar-refractivity contribution in [2.24, 2.45) is 0 Å². The molecule has 24 heavy (non-hydrogen) atoms. The first-order chi connectivity index (χ1) is 11.6. The Morgan fingerprint density at radius 3 is 3.08 bits per heavy atom. The Balaban J connectivity index is 1.58. The van der Waals surface area contributed by atoms with Crippen molar-refractivity contribution in [3.63, 3.8) is 0 Å². The lowest BCUT2D eigenvalue weighted by molar-refractivity contribution is 0.0719. The summed E-state index contributed by atoms with van der Waals surface area (Å²) >= 11 is 1.64. The van der Waals surface area contributed by atoms with Crippen molar-refractivity contribution in [3.8, 4) is 5.69 Å². The summed E-state index contributed by atoms with van der Waals surface area (Å²) < 4.78 is 8.03. The van der Waals surface area contributed by atoms with E-state index in [0.29, 0.717) is 18.8 Å². The molecule has 1 atom stereocenters. The molecule has 0 spiro atoms. The van der Waals surface area contributed by atoms with E-state index in [1.54, 1.807) is 34.2 Å². The van der Waals surface area contributed by atoms with Gasteiger partial charge in [-0.2, -0.15) is 0 Å². The Morgan fingerprint density at radius 1 is 1.42 bits per heavy atom. The summed E-state index contributed by atoms with van der Waals surface area (Å²) in [5.74, 6) is -0.101. The fourth-order valence-electron chi connectivity index (χ4n) is 2.93. The lowest BCUT2D eigenvalue weighted by Gasteiger charge is -2.13. The number of methoxy groups -OCH3 is 1. The van der Waals surface area contributed by atoms with Crippen molar-refractivity contribution < 1.29 is 9.53 Å². The van der Waals surface area contributed by atoms with E-state index in [1.165, 1.54) is 0 Å².